The molecule has 0 aliphatic carbocycles. The van der Waals surface area contributed by atoms with Gasteiger partial charge in [-0.25, -0.2) is 4.98 Å². The summed E-state index contributed by atoms with van der Waals surface area (Å²) in [6.45, 7) is -1.33. The number of rotatable bonds is 8. The Morgan fingerprint density at radius 2 is 2.12 bits per heavy atom. The van der Waals surface area contributed by atoms with Crippen molar-refractivity contribution >= 4 is 17.2 Å². The molecule has 1 amide bonds. The van der Waals surface area contributed by atoms with E-state index in [1.165, 1.54) is 11.1 Å². The molecule has 24 heavy (non-hydrogen) atoms. The van der Waals surface area contributed by atoms with Crippen molar-refractivity contribution in [3.8, 4) is 5.88 Å². The van der Waals surface area contributed by atoms with Gasteiger partial charge in [0.05, 0.1) is 0 Å². The van der Waals surface area contributed by atoms with Gasteiger partial charge in [0.2, 0.25) is 11.8 Å². The van der Waals surface area contributed by atoms with E-state index in [4.69, 9.17) is 0 Å². The number of hydrogen-bond donors (Lipinski definition) is 1. The largest absolute Gasteiger partial charge is 0.468 e. The Labute approximate surface area is 141 Å². The topological polar surface area (TPSA) is 51.2 Å². The Kier molecular flexibility index (Phi) is 6.60. The van der Waals surface area contributed by atoms with E-state index in [1.54, 1.807) is 23.5 Å². The van der Waals surface area contributed by atoms with Crippen molar-refractivity contribution in [2.24, 2.45) is 0 Å². The van der Waals surface area contributed by atoms with E-state index in [0.717, 1.165) is 12.8 Å². The van der Waals surface area contributed by atoms with E-state index in [2.05, 4.69) is 15.0 Å². The summed E-state index contributed by atoms with van der Waals surface area (Å²) in [4.78, 5) is 16.8. The maximum Gasteiger partial charge on any atom is 0.422 e. The molecule has 130 valence electrons. The fraction of sp³-hybridized carbons (Fsp3) is 0.375. The fourth-order valence-corrected chi connectivity index (χ4v) is 2.75. The molecule has 0 fully saturated rings. The smallest absolute Gasteiger partial charge is 0.422 e. The first-order valence-electron chi connectivity index (χ1n) is 7.36. The third-order valence-electron chi connectivity index (χ3n) is 3.11. The molecule has 8 heteroatoms. The van der Waals surface area contributed by atoms with Gasteiger partial charge in [0.15, 0.2) is 6.61 Å². The molecule has 4 nitrogen and oxygen atoms in total. The Hall–Kier alpha value is -2.09. The molecule has 0 saturated heterocycles. The van der Waals surface area contributed by atoms with E-state index in [9.17, 15) is 18.0 Å². The lowest BCUT2D eigenvalue weighted by molar-refractivity contribution is -0.154. The molecule has 1 N–H and O–H groups in total. The summed E-state index contributed by atoms with van der Waals surface area (Å²) in [6.07, 6.45) is -1.18. The lowest BCUT2D eigenvalue weighted by Crippen LogP contribution is -2.24. The van der Waals surface area contributed by atoms with Gasteiger partial charge in [-0.3, -0.25) is 4.79 Å². The third-order valence-corrected chi connectivity index (χ3v) is 4.04. The molecule has 2 heterocycles. The molecule has 0 atom stereocenters. The highest BCUT2D eigenvalue weighted by atomic mass is 32.1. The summed E-state index contributed by atoms with van der Waals surface area (Å²) < 4.78 is 41.3. The van der Waals surface area contributed by atoms with Crippen molar-refractivity contribution in [2.75, 3.05) is 6.61 Å². The van der Waals surface area contributed by atoms with Gasteiger partial charge in [-0.2, -0.15) is 13.2 Å². The second kappa shape index (κ2) is 8.68. The number of amides is 1. The Morgan fingerprint density at radius 1 is 1.29 bits per heavy atom. The van der Waals surface area contributed by atoms with Gasteiger partial charge in [0, 0.05) is 29.6 Å². The maximum absolute atomic E-state index is 12.2. The number of carbonyl (C=O) groups excluding carboxylic acids is 1. The molecule has 0 aliphatic rings. The van der Waals surface area contributed by atoms with Crippen LogP contribution in [-0.4, -0.2) is 23.7 Å². The SMILES string of the molecule is O=C(CCCc1cccs1)NCc1cccnc1OCC(F)(F)F. The zero-order chi connectivity index (χ0) is 17.4. The second-order valence-electron chi connectivity index (χ2n) is 5.08. The van der Waals surface area contributed by atoms with E-state index >= 15 is 0 Å². The molecule has 0 saturated carbocycles. The zero-order valence-electron chi connectivity index (χ0n) is 12.8. The van der Waals surface area contributed by atoms with Crippen LogP contribution in [0.3, 0.4) is 0 Å². The van der Waals surface area contributed by atoms with Gasteiger partial charge in [-0.1, -0.05) is 12.1 Å². The number of aryl methyl sites for hydroxylation is 1. The fourth-order valence-electron chi connectivity index (χ4n) is 2.00. The van der Waals surface area contributed by atoms with Crippen molar-refractivity contribution in [1.82, 2.24) is 10.3 Å². The van der Waals surface area contributed by atoms with Crippen LogP contribution in [0.25, 0.3) is 0 Å². The predicted octanol–water partition coefficient (Wildman–Crippen LogP) is 3.72. The quantitative estimate of drug-likeness (QED) is 0.782. The highest BCUT2D eigenvalue weighted by Crippen LogP contribution is 2.20. The van der Waals surface area contributed by atoms with Gasteiger partial charge in [-0.15, -0.1) is 11.3 Å². The lowest BCUT2D eigenvalue weighted by Gasteiger charge is -2.12. The number of alkyl halides is 3. The molecule has 0 spiro atoms. The van der Waals surface area contributed by atoms with Crippen molar-refractivity contribution in [1.29, 1.82) is 0 Å². The number of halogens is 3. The number of nitrogens with one attached hydrogen (secondary N) is 1. The van der Waals surface area contributed by atoms with Crippen molar-refractivity contribution in [3.63, 3.8) is 0 Å². The van der Waals surface area contributed by atoms with Gasteiger partial charge >= 0.3 is 6.18 Å². The van der Waals surface area contributed by atoms with Crippen LogP contribution in [0.15, 0.2) is 35.8 Å². The summed E-state index contributed by atoms with van der Waals surface area (Å²) in [5.41, 5.74) is 0.411. The number of pyridine rings is 1. The average Bonchev–Trinajstić information content (AvgIpc) is 3.04. The van der Waals surface area contributed by atoms with Crippen LogP contribution in [0.4, 0.5) is 13.2 Å². The number of aromatic nitrogens is 1. The first-order chi connectivity index (χ1) is 11.4. The maximum atomic E-state index is 12.2. The van der Waals surface area contributed by atoms with Gasteiger partial charge in [0.25, 0.3) is 0 Å². The normalized spacial score (nSPS) is 11.3. The van der Waals surface area contributed by atoms with E-state index in [1.807, 2.05) is 17.5 Å². The Bertz CT molecular complexity index is 645. The molecule has 2 rings (SSSR count). The monoisotopic (exact) mass is 358 g/mol. The average molecular weight is 358 g/mol. The van der Waals surface area contributed by atoms with Crippen LogP contribution in [0, 0.1) is 0 Å². The van der Waals surface area contributed by atoms with Crippen LogP contribution in [0.5, 0.6) is 5.88 Å². The predicted molar refractivity (Wildman–Crippen MR) is 84.9 cm³/mol. The van der Waals surface area contributed by atoms with Gasteiger partial charge in [-0.05, 0) is 30.4 Å². The summed E-state index contributed by atoms with van der Waals surface area (Å²) >= 11 is 1.65. The van der Waals surface area contributed by atoms with Crippen molar-refractivity contribution in [2.45, 2.75) is 32.0 Å². The van der Waals surface area contributed by atoms with Crippen molar-refractivity contribution in [3.05, 3.63) is 46.3 Å². The molecule has 0 aromatic carbocycles. The minimum absolute atomic E-state index is 0.0822. The first kappa shape index (κ1) is 18.3. The van der Waals surface area contributed by atoms with E-state index in [0.29, 0.717) is 12.0 Å². The number of thiophene rings is 1. The molecule has 2 aromatic heterocycles. The number of nitrogens with zero attached hydrogens (tertiary/aromatic N) is 1. The van der Waals surface area contributed by atoms with Crippen molar-refractivity contribution < 1.29 is 22.7 Å². The molecule has 0 bridgehead atoms. The summed E-state index contributed by atoms with van der Waals surface area (Å²) in [5, 5.41) is 4.67. The van der Waals surface area contributed by atoms with Crippen LogP contribution >= 0.6 is 11.3 Å². The molecule has 0 aliphatic heterocycles. The summed E-state index contributed by atoms with van der Waals surface area (Å²) in [6, 6.07) is 7.14. The Balaban J connectivity index is 1.77. The van der Waals surface area contributed by atoms with E-state index in [-0.39, 0.29) is 18.3 Å². The van der Waals surface area contributed by atoms with Crippen LogP contribution in [0.1, 0.15) is 23.3 Å². The summed E-state index contributed by atoms with van der Waals surface area (Å²) in [7, 11) is 0. The molecule has 0 radical (unpaired) electrons. The second-order valence-corrected chi connectivity index (χ2v) is 6.11. The number of ether oxygens (including phenoxy) is 1. The minimum atomic E-state index is -4.43. The molecular weight excluding hydrogens is 341 g/mol. The van der Waals surface area contributed by atoms with Gasteiger partial charge < -0.3 is 10.1 Å². The number of carbonyl (C=O) groups is 1. The van der Waals surface area contributed by atoms with Crippen LogP contribution < -0.4 is 10.1 Å². The standard InChI is InChI=1S/C16H17F3N2O2S/c17-16(18,19)11-23-15-12(4-2-8-20-15)10-21-14(22)7-1-5-13-6-3-9-24-13/h2-4,6,8-9H,1,5,7,10-11H2,(H,21,22). The molecule has 2 aromatic rings. The van der Waals surface area contributed by atoms with Crippen LogP contribution in [0.2, 0.25) is 0 Å². The van der Waals surface area contributed by atoms with Crippen LogP contribution in [-0.2, 0) is 17.8 Å². The molecule has 0 unspecified atom stereocenters. The molecular formula is C16H17F3N2O2S. The summed E-state index contributed by atoms with van der Waals surface area (Å²) in [5.74, 6) is -0.272. The lowest BCUT2D eigenvalue weighted by atomic mass is 10.2. The van der Waals surface area contributed by atoms with E-state index < -0.39 is 12.8 Å². The highest BCUT2D eigenvalue weighted by molar-refractivity contribution is 7.09. The zero-order valence-corrected chi connectivity index (χ0v) is 13.6. The third kappa shape index (κ3) is 6.57. The highest BCUT2D eigenvalue weighted by Gasteiger charge is 2.29. The first-order valence-corrected chi connectivity index (χ1v) is 8.24. The Morgan fingerprint density at radius 3 is 2.83 bits per heavy atom. The minimum Gasteiger partial charge on any atom is -0.468 e. The number of hydrogen-bond acceptors (Lipinski definition) is 4. The van der Waals surface area contributed by atoms with Gasteiger partial charge in [0.1, 0.15) is 0 Å².